The fourth-order valence-corrected chi connectivity index (χ4v) is 5.17. The molecule has 1 saturated carbocycles. The summed E-state index contributed by atoms with van der Waals surface area (Å²) >= 11 is 0. The maximum atomic E-state index is 13.5. The summed E-state index contributed by atoms with van der Waals surface area (Å²) in [6, 6.07) is 3.75. The van der Waals surface area contributed by atoms with E-state index >= 15 is 0 Å². The van der Waals surface area contributed by atoms with Gasteiger partial charge in [-0.1, -0.05) is 0 Å². The SMILES string of the molecule is CC(=O)N1CCC[C@H](NCS(C)=O)[C@@H]1COC1CCC(c2cc(F)cc(F)c2)CC1. The minimum Gasteiger partial charge on any atom is -0.376 e. The Kier molecular flexibility index (Phi) is 8.36. The third kappa shape index (κ3) is 6.31. The number of halogens is 2. The molecule has 0 aromatic heterocycles. The molecule has 2 fully saturated rings. The van der Waals surface area contributed by atoms with Crippen LogP contribution >= 0.6 is 0 Å². The molecule has 1 amide bonds. The highest BCUT2D eigenvalue weighted by Crippen LogP contribution is 2.35. The molecule has 1 aliphatic heterocycles. The van der Waals surface area contributed by atoms with Gasteiger partial charge in [0.25, 0.3) is 0 Å². The first-order chi connectivity index (χ1) is 14.3. The second-order valence-corrected chi connectivity index (χ2v) is 9.89. The predicted molar refractivity (Wildman–Crippen MR) is 114 cm³/mol. The number of ether oxygens (including phenoxy) is 1. The maximum absolute atomic E-state index is 13.5. The molecule has 2 aliphatic rings. The molecule has 0 radical (unpaired) electrons. The quantitative estimate of drug-likeness (QED) is 0.704. The first-order valence-electron chi connectivity index (χ1n) is 10.7. The number of nitrogens with zero attached hydrogens (tertiary/aromatic N) is 1. The molecule has 1 aliphatic carbocycles. The van der Waals surface area contributed by atoms with E-state index in [0.717, 1.165) is 50.2 Å². The van der Waals surface area contributed by atoms with Gasteiger partial charge in [-0.25, -0.2) is 8.78 Å². The van der Waals surface area contributed by atoms with Crippen LogP contribution in [0.2, 0.25) is 0 Å². The zero-order valence-electron chi connectivity index (χ0n) is 17.7. The number of amides is 1. The molecule has 0 spiro atoms. The lowest BCUT2D eigenvalue weighted by Gasteiger charge is -2.42. The van der Waals surface area contributed by atoms with Gasteiger partial charge >= 0.3 is 0 Å². The van der Waals surface area contributed by atoms with Gasteiger partial charge in [0.15, 0.2) is 0 Å². The summed E-state index contributed by atoms with van der Waals surface area (Å²) in [5.41, 5.74) is 0.720. The highest BCUT2D eigenvalue weighted by Gasteiger charge is 2.34. The number of benzene rings is 1. The lowest BCUT2D eigenvalue weighted by atomic mass is 9.82. The summed E-state index contributed by atoms with van der Waals surface area (Å²) in [6.07, 6.45) is 6.88. The van der Waals surface area contributed by atoms with Crippen LogP contribution in [0.5, 0.6) is 0 Å². The van der Waals surface area contributed by atoms with Gasteiger partial charge in [-0.3, -0.25) is 9.00 Å². The Hall–Kier alpha value is -1.38. The summed E-state index contributed by atoms with van der Waals surface area (Å²) in [6.45, 7) is 2.74. The zero-order valence-corrected chi connectivity index (χ0v) is 18.6. The topological polar surface area (TPSA) is 58.6 Å². The Morgan fingerprint density at radius 3 is 2.43 bits per heavy atom. The van der Waals surface area contributed by atoms with E-state index in [-0.39, 0.29) is 30.0 Å². The fourth-order valence-electron chi connectivity index (χ4n) is 4.72. The average molecular weight is 443 g/mol. The van der Waals surface area contributed by atoms with Crippen LogP contribution in [0.15, 0.2) is 18.2 Å². The molecule has 30 heavy (non-hydrogen) atoms. The highest BCUT2D eigenvalue weighted by atomic mass is 32.2. The van der Waals surface area contributed by atoms with Crippen LogP contribution < -0.4 is 5.32 Å². The zero-order chi connectivity index (χ0) is 21.7. The number of carbonyl (C=O) groups excluding carboxylic acids is 1. The number of hydrogen-bond donors (Lipinski definition) is 1. The van der Waals surface area contributed by atoms with E-state index in [1.54, 1.807) is 13.2 Å². The van der Waals surface area contributed by atoms with Gasteiger partial charge in [-0.2, -0.15) is 0 Å². The molecule has 168 valence electrons. The second kappa shape index (κ2) is 10.8. The molecule has 3 rings (SSSR count). The van der Waals surface area contributed by atoms with Crippen molar-refractivity contribution in [2.75, 3.05) is 25.3 Å². The van der Waals surface area contributed by atoms with Crippen LogP contribution in [0.3, 0.4) is 0 Å². The van der Waals surface area contributed by atoms with Crippen LogP contribution in [-0.2, 0) is 20.3 Å². The molecule has 1 unspecified atom stereocenters. The molecule has 0 bridgehead atoms. The molecule has 1 saturated heterocycles. The van der Waals surface area contributed by atoms with Crippen molar-refractivity contribution in [2.45, 2.75) is 69.6 Å². The molecule has 1 aromatic rings. The molecule has 1 heterocycles. The smallest absolute Gasteiger partial charge is 0.219 e. The summed E-state index contributed by atoms with van der Waals surface area (Å²) in [5, 5.41) is 3.34. The minimum absolute atomic E-state index is 0.0320. The summed E-state index contributed by atoms with van der Waals surface area (Å²) in [7, 11) is -0.947. The predicted octanol–water partition coefficient (Wildman–Crippen LogP) is 3.31. The first-order valence-corrected chi connectivity index (χ1v) is 12.4. The normalized spacial score (nSPS) is 28.3. The summed E-state index contributed by atoms with van der Waals surface area (Å²) < 4.78 is 44.7. The molecule has 1 N–H and O–H groups in total. The van der Waals surface area contributed by atoms with Crippen molar-refractivity contribution in [1.82, 2.24) is 10.2 Å². The largest absolute Gasteiger partial charge is 0.376 e. The van der Waals surface area contributed by atoms with E-state index < -0.39 is 22.4 Å². The standard InChI is InChI=1S/C22H32F2N2O3S/c1-15(27)26-9-3-4-21(25-14-30(2)28)22(26)13-29-20-7-5-16(6-8-20)17-10-18(23)12-19(24)11-17/h10-12,16,20-22,25H,3-9,13-14H2,1-2H3/t16?,20?,21-,22-,30?/m0/s1. The van der Waals surface area contributed by atoms with E-state index in [9.17, 15) is 17.8 Å². The molecule has 5 nitrogen and oxygen atoms in total. The Balaban J connectivity index is 1.55. The van der Waals surface area contributed by atoms with E-state index in [1.165, 1.54) is 12.1 Å². The monoisotopic (exact) mass is 442 g/mol. The molecular weight excluding hydrogens is 410 g/mol. The van der Waals surface area contributed by atoms with Gasteiger partial charge in [-0.05, 0) is 62.1 Å². The van der Waals surface area contributed by atoms with Gasteiger partial charge in [0.2, 0.25) is 5.91 Å². The molecular formula is C22H32F2N2O3S. The van der Waals surface area contributed by atoms with Crippen molar-refractivity contribution in [2.24, 2.45) is 0 Å². The third-order valence-electron chi connectivity index (χ3n) is 6.27. The lowest BCUT2D eigenvalue weighted by molar-refractivity contribution is -0.136. The van der Waals surface area contributed by atoms with E-state index in [1.807, 2.05) is 4.90 Å². The molecule has 3 atom stereocenters. The van der Waals surface area contributed by atoms with Gasteiger partial charge in [-0.15, -0.1) is 0 Å². The van der Waals surface area contributed by atoms with E-state index in [4.69, 9.17) is 4.74 Å². The number of likely N-dealkylation sites (tertiary alicyclic amines) is 1. The Labute approximate surface area is 180 Å². The maximum Gasteiger partial charge on any atom is 0.219 e. The van der Waals surface area contributed by atoms with Crippen molar-refractivity contribution in [1.29, 1.82) is 0 Å². The Morgan fingerprint density at radius 1 is 1.17 bits per heavy atom. The Morgan fingerprint density at radius 2 is 1.83 bits per heavy atom. The molecule has 1 aromatic carbocycles. The van der Waals surface area contributed by atoms with Gasteiger partial charge in [0.1, 0.15) is 11.6 Å². The van der Waals surface area contributed by atoms with Gasteiger partial charge in [0.05, 0.1) is 24.6 Å². The van der Waals surface area contributed by atoms with Crippen LogP contribution in [0.1, 0.15) is 56.9 Å². The van der Waals surface area contributed by atoms with E-state index in [2.05, 4.69) is 5.32 Å². The van der Waals surface area contributed by atoms with Crippen molar-refractivity contribution in [3.8, 4) is 0 Å². The number of carbonyl (C=O) groups is 1. The first kappa shape index (κ1) is 23.3. The van der Waals surface area contributed by atoms with Gasteiger partial charge in [0, 0.05) is 42.6 Å². The average Bonchev–Trinajstić information content (AvgIpc) is 2.70. The second-order valence-electron chi connectivity index (χ2n) is 8.46. The number of hydrogen-bond acceptors (Lipinski definition) is 4. The number of nitrogens with one attached hydrogen (secondary N) is 1. The lowest BCUT2D eigenvalue weighted by Crippen LogP contribution is -2.58. The third-order valence-corrected chi connectivity index (χ3v) is 6.84. The fraction of sp³-hybridized carbons (Fsp3) is 0.682. The number of piperidine rings is 1. The van der Waals surface area contributed by atoms with Crippen molar-refractivity contribution < 1.29 is 22.5 Å². The minimum atomic E-state index is -0.947. The van der Waals surface area contributed by atoms with Crippen molar-refractivity contribution in [3.63, 3.8) is 0 Å². The van der Waals surface area contributed by atoms with Crippen LogP contribution in [0.4, 0.5) is 8.78 Å². The van der Waals surface area contributed by atoms with E-state index in [0.29, 0.717) is 19.0 Å². The highest BCUT2D eigenvalue weighted by molar-refractivity contribution is 7.84. The van der Waals surface area contributed by atoms with Crippen molar-refractivity contribution >= 4 is 16.7 Å². The van der Waals surface area contributed by atoms with Crippen LogP contribution in [-0.4, -0.2) is 58.5 Å². The summed E-state index contributed by atoms with van der Waals surface area (Å²) in [5.74, 6) is -0.479. The molecule has 8 heteroatoms. The summed E-state index contributed by atoms with van der Waals surface area (Å²) in [4.78, 5) is 14.0. The Bertz CT molecular complexity index is 736. The number of rotatable bonds is 7. The van der Waals surface area contributed by atoms with Crippen molar-refractivity contribution in [3.05, 3.63) is 35.4 Å². The van der Waals surface area contributed by atoms with Gasteiger partial charge < -0.3 is 15.0 Å². The van der Waals surface area contributed by atoms with Crippen LogP contribution in [0, 0.1) is 11.6 Å². The van der Waals surface area contributed by atoms with Crippen LogP contribution in [0.25, 0.3) is 0 Å².